The van der Waals surface area contributed by atoms with Crippen molar-refractivity contribution in [2.24, 2.45) is 5.41 Å². The van der Waals surface area contributed by atoms with Crippen molar-refractivity contribution in [3.63, 3.8) is 0 Å². The molecule has 0 saturated carbocycles. The summed E-state index contributed by atoms with van der Waals surface area (Å²) in [6.07, 6.45) is -0.132. The minimum Gasteiger partial charge on any atom is -0.481 e. The average molecular weight is 413 g/mol. The molecule has 1 aliphatic carbocycles. The van der Waals surface area contributed by atoms with Crippen molar-refractivity contribution in [1.82, 2.24) is 0 Å². The number of hydrogen-bond donors (Lipinski definition) is 1. The predicted molar refractivity (Wildman–Crippen MR) is 118 cm³/mol. The molecule has 5 nitrogen and oxygen atoms in total. The Bertz CT molecular complexity index is 1140. The summed E-state index contributed by atoms with van der Waals surface area (Å²) in [4.78, 5) is 26.6. The van der Waals surface area contributed by atoms with Crippen molar-refractivity contribution in [2.75, 3.05) is 18.1 Å². The molecule has 5 heteroatoms. The molecular formula is C26H23NO4. The molecule has 31 heavy (non-hydrogen) atoms. The van der Waals surface area contributed by atoms with Crippen LogP contribution < -0.4 is 4.90 Å². The van der Waals surface area contributed by atoms with Crippen LogP contribution in [0.5, 0.6) is 0 Å². The second-order valence-corrected chi connectivity index (χ2v) is 8.56. The summed E-state index contributed by atoms with van der Waals surface area (Å²) >= 11 is 0. The van der Waals surface area contributed by atoms with E-state index in [4.69, 9.17) is 4.74 Å². The number of carbonyl (C=O) groups is 2. The third kappa shape index (κ3) is 3.17. The standard InChI is InChI=1S/C26H23NO4/c1-26(24(28)29)14-17-8-2-7-13-23(17)27(16-26)25(30)31-15-22-20-11-5-3-9-18(20)19-10-4-6-12-21(19)22/h2-13,22H,14-16H2,1H3,(H,28,29). The lowest BCUT2D eigenvalue weighted by atomic mass is 9.79. The molecule has 3 aromatic rings. The Labute approximate surface area is 180 Å². The normalized spacial score (nSPS) is 19.3. The smallest absolute Gasteiger partial charge is 0.414 e. The Hall–Kier alpha value is -3.60. The zero-order valence-electron chi connectivity index (χ0n) is 17.2. The van der Waals surface area contributed by atoms with E-state index in [2.05, 4.69) is 24.3 Å². The monoisotopic (exact) mass is 413 g/mol. The van der Waals surface area contributed by atoms with Gasteiger partial charge in [-0.1, -0.05) is 66.7 Å². The summed E-state index contributed by atoms with van der Waals surface area (Å²) in [5.74, 6) is -0.958. The highest BCUT2D eigenvalue weighted by molar-refractivity contribution is 5.92. The van der Waals surface area contributed by atoms with Crippen molar-refractivity contribution >= 4 is 17.7 Å². The number of amides is 1. The molecule has 1 unspecified atom stereocenters. The Kier molecular flexibility index (Phi) is 4.54. The third-order valence-electron chi connectivity index (χ3n) is 6.44. The number of fused-ring (bicyclic) bond motifs is 4. The van der Waals surface area contributed by atoms with Gasteiger partial charge < -0.3 is 9.84 Å². The van der Waals surface area contributed by atoms with Crippen LogP contribution in [0.2, 0.25) is 0 Å². The van der Waals surface area contributed by atoms with Gasteiger partial charge in [0.2, 0.25) is 0 Å². The largest absolute Gasteiger partial charge is 0.481 e. The number of hydrogen-bond acceptors (Lipinski definition) is 3. The van der Waals surface area contributed by atoms with E-state index in [0.717, 1.165) is 22.4 Å². The molecule has 3 aromatic carbocycles. The Balaban J connectivity index is 1.42. The van der Waals surface area contributed by atoms with E-state index in [1.54, 1.807) is 6.92 Å². The second-order valence-electron chi connectivity index (χ2n) is 8.56. The molecule has 1 aliphatic heterocycles. The van der Waals surface area contributed by atoms with Crippen LogP contribution in [0.1, 0.15) is 29.5 Å². The number of benzene rings is 3. The molecule has 156 valence electrons. The van der Waals surface area contributed by atoms with E-state index in [9.17, 15) is 14.7 Å². The molecule has 0 saturated heterocycles. The van der Waals surface area contributed by atoms with Crippen LogP contribution in [-0.4, -0.2) is 30.3 Å². The molecule has 0 radical (unpaired) electrons. The highest BCUT2D eigenvalue weighted by Crippen LogP contribution is 2.45. The van der Waals surface area contributed by atoms with E-state index in [1.165, 1.54) is 16.0 Å². The number of carbonyl (C=O) groups excluding carboxylic acids is 1. The lowest BCUT2D eigenvalue weighted by Crippen LogP contribution is -2.49. The van der Waals surface area contributed by atoms with E-state index in [1.807, 2.05) is 48.5 Å². The highest BCUT2D eigenvalue weighted by Gasteiger charge is 2.43. The second kappa shape index (κ2) is 7.27. The van der Waals surface area contributed by atoms with E-state index in [0.29, 0.717) is 6.42 Å². The molecular weight excluding hydrogens is 390 g/mol. The van der Waals surface area contributed by atoms with Gasteiger partial charge in [-0.2, -0.15) is 0 Å². The van der Waals surface area contributed by atoms with Crippen molar-refractivity contribution in [3.05, 3.63) is 89.5 Å². The molecule has 2 aliphatic rings. The van der Waals surface area contributed by atoms with Gasteiger partial charge in [-0.05, 0) is 47.2 Å². The summed E-state index contributed by atoms with van der Waals surface area (Å²) in [6, 6.07) is 23.8. The first kappa shape index (κ1) is 19.4. The maximum absolute atomic E-state index is 13.2. The number of rotatable bonds is 3. The number of nitrogens with zero attached hydrogens (tertiary/aromatic N) is 1. The van der Waals surface area contributed by atoms with E-state index < -0.39 is 17.5 Å². The van der Waals surface area contributed by atoms with Gasteiger partial charge in [-0.3, -0.25) is 9.69 Å². The van der Waals surface area contributed by atoms with Crippen LogP contribution in [0.15, 0.2) is 72.8 Å². The van der Waals surface area contributed by atoms with Gasteiger partial charge in [0, 0.05) is 12.5 Å². The first-order valence-electron chi connectivity index (χ1n) is 10.4. The van der Waals surface area contributed by atoms with Crippen LogP contribution in [0.4, 0.5) is 10.5 Å². The summed E-state index contributed by atoms with van der Waals surface area (Å²) in [5.41, 5.74) is 5.13. The molecule has 0 aromatic heterocycles. The average Bonchev–Trinajstić information content (AvgIpc) is 3.10. The summed E-state index contributed by atoms with van der Waals surface area (Å²) in [5, 5.41) is 9.76. The van der Waals surface area contributed by atoms with E-state index in [-0.39, 0.29) is 19.1 Å². The molecule has 1 heterocycles. The van der Waals surface area contributed by atoms with Crippen molar-refractivity contribution < 1.29 is 19.4 Å². The van der Waals surface area contributed by atoms with Crippen molar-refractivity contribution in [2.45, 2.75) is 19.3 Å². The minimum absolute atomic E-state index is 0.0396. The Morgan fingerprint density at radius 2 is 1.55 bits per heavy atom. The fourth-order valence-electron chi connectivity index (χ4n) is 4.81. The molecule has 1 amide bonds. The van der Waals surface area contributed by atoms with Crippen molar-refractivity contribution in [3.8, 4) is 11.1 Å². The van der Waals surface area contributed by atoms with Crippen LogP contribution >= 0.6 is 0 Å². The number of ether oxygens (including phenoxy) is 1. The lowest BCUT2D eigenvalue weighted by molar-refractivity contribution is -0.147. The quantitative estimate of drug-likeness (QED) is 0.650. The molecule has 5 rings (SSSR count). The lowest BCUT2D eigenvalue weighted by Gasteiger charge is -2.38. The fourth-order valence-corrected chi connectivity index (χ4v) is 4.81. The molecule has 0 spiro atoms. The van der Waals surface area contributed by atoms with Gasteiger partial charge >= 0.3 is 12.1 Å². The van der Waals surface area contributed by atoms with Crippen molar-refractivity contribution in [1.29, 1.82) is 0 Å². The highest BCUT2D eigenvalue weighted by atomic mass is 16.6. The maximum atomic E-state index is 13.2. The first-order chi connectivity index (χ1) is 15.0. The molecule has 1 atom stereocenters. The molecule has 0 bridgehead atoms. The molecule has 0 fully saturated rings. The molecule has 1 N–H and O–H groups in total. The zero-order valence-corrected chi connectivity index (χ0v) is 17.2. The van der Waals surface area contributed by atoms with E-state index >= 15 is 0 Å². The fraction of sp³-hybridized carbons (Fsp3) is 0.231. The maximum Gasteiger partial charge on any atom is 0.414 e. The Morgan fingerprint density at radius 3 is 2.19 bits per heavy atom. The number of carboxylic acids is 1. The minimum atomic E-state index is -1.06. The van der Waals surface area contributed by atoms with Gasteiger partial charge in [-0.25, -0.2) is 4.79 Å². The third-order valence-corrected chi connectivity index (χ3v) is 6.44. The number of aliphatic carboxylic acids is 1. The van der Waals surface area contributed by atoms with Crippen LogP contribution in [0.3, 0.4) is 0 Å². The van der Waals surface area contributed by atoms with Gasteiger partial charge in [-0.15, -0.1) is 0 Å². The van der Waals surface area contributed by atoms with Gasteiger partial charge in [0.1, 0.15) is 6.61 Å². The number of anilines is 1. The summed E-state index contributed by atoms with van der Waals surface area (Å²) in [7, 11) is 0. The van der Waals surface area contributed by atoms with Gasteiger partial charge in [0.05, 0.1) is 11.1 Å². The van der Waals surface area contributed by atoms with Crippen LogP contribution in [0, 0.1) is 5.41 Å². The first-order valence-corrected chi connectivity index (χ1v) is 10.4. The topological polar surface area (TPSA) is 66.8 Å². The van der Waals surface area contributed by atoms with Crippen LogP contribution in [0.25, 0.3) is 11.1 Å². The van der Waals surface area contributed by atoms with Gasteiger partial charge in [0.25, 0.3) is 0 Å². The zero-order chi connectivity index (χ0) is 21.6. The number of para-hydroxylation sites is 1. The predicted octanol–water partition coefficient (Wildman–Crippen LogP) is 5.09. The summed E-state index contributed by atoms with van der Waals surface area (Å²) < 4.78 is 5.80. The van der Waals surface area contributed by atoms with Gasteiger partial charge in [0.15, 0.2) is 0 Å². The number of carboxylic acid groups (broad SMARTS) is 1. The summed E-state index contributed by atoms with van der Waals surface area (Å²) in [6.45, 7) is 1.96. The SMILES string of the molecule is CC1(C(=O)O)Cc2ccccc2N(C(=O)OCC2c3ccccc3-c3ccccc32)C1. The van der Waals surface area contributed by atoms with Crippen LogP contribution in [-0.2, 0) is 16.0 Å². The Morgan fingerprint density at radius 1 is 0.968 bits per heavy atom.